The summed E-state index contributed by atoms with van der Waals surface area (Å²) in [5.74, 6) is 1.24. The Kier molecular flexibility index (Phi) is 7.37. The first-order valence-corrected chi connectivity index (χ1v) is 8.94. The summed E-state index contributed by atoms with van der Waals surface area (Å²) in [6.07, 6.45) is 2.72. The summed E-state index contributed by atoms with van der Waals surface area (Å²) in [7, 11) is 0. The Bertz CT molecular complexity index is 540. The zero-order chi connectivity index (χ0) is 17.4. The number of amides is 2. The highest BCUT2D eigenvalue weighted by molar-refractivity contribution is 6.17. The molecule has 0 aromatic heterocycles. The molecular formula is C18H25ClN2O3. The van der Waals surface area contributed by atoms with E-state index in [2.05, 4.69) is 5.32 Å². The van der Waals surface area contributed by atoms with Crippen molar-refractivity contribution in [3.8, 4) is 5.75 Å². The van der Waals surface area contributed by atoms with E-state index in [1.54, 1.807) is 4.90 Å². The second-order valence-electron chi connectivity index (χ2n) is 6.12. The third kappa shape index (κ3) is 6.04. The van der Waals surface area contributed by atoms with Gasteiger partial charge in [0.1, 0.15) is 5.75 Å². The Balaban J connectivity index is 1.68. The topological polar surface area (TPSA) is 58.6 Å². The van der Waals surface area contributed by atoms with Gasteiger partial charge in [0.05, 0.1) is 0 Å². The Morgan fingerprint density at radius 2 is 1.92 bits per heavy atom. The fourth-order valence-electron chi connectivity index (χ4n) is 2.67. The quantitative estimate of drug-likeness (QED) is 0.767. The number of rotatable bonds is 7. The molecule has 24 heavy (non-hydrogen) atoms. The average Bonchev–Trinajstić information content (AvgIpc) is 2.60. The maximum Gasteiger partial charge on any atom is 0.260 e. The number of likely N-dealkylation sites (tertiary alicyclic amines) is 1. The van der Waals surface area contributed by atoms with Gasteiger partial charge in [0, 0.05) is 31.4 Å². The number of carbonyl (C=O) groups excluding carboxylic acids is 2. The van der Waals surface area contributed by atoms with E-state index in [-0.39, 0.29) is 24.5 Å². The fourth-order valence-corrected chi connectivity index (χ4v) is 2.80. The molecule has 1 heterocycles. The Morgan fingerprint density at radius 3 is 2.54 bits per heavy atom. The molecule has 0 atom stereocenters. The van der Waals surface area contributed by atoms with Gasteiger partial charge in [-0.25, -0.2) is 0 Å². The summed E-state index contributed by atoms with van der Waals surface area (Å²) in [6, 6.07) is 7.79. The van der Waals surface area contributed by atoms with Crippen molar-refractivity contribution >= 4 is 23.4 Å². The molecule has 1 aromatic rings. The molecule has 5 nitrogen and oxygen atoms in total. The first-order valence-electron chi connectivity index (χ1n) is 8.41. The number of nitrogens with one attached hydrogen (secondary N) is 1. The first kappa shape index (κ1) is 18.6. The van der Waals surface area contributed by atoms with Gasteiger partial charge in [-0.1, -0.05) is 17.7 Å². The minimum Gasteiger partial charge on any atom is -0.484 e. The number of halogens is 1. The molecule has 1 aliphatic rings. The summed E-state index contributed by atoms with van der Waals surface area (Å²) in [5.41, 5.74) is 1.16. The van der Waals surface area contributed by atoms with Gasteiger partial charge in [-0.3, -0.25) is 9.59 Å². The van der Waals surface area contributed by atoms with Crippen molar-refractivity contribution in [2.75, 3.05) is 25.6 Å². The van der Waals surface area contributed by atoms with E-state index in [1.165, 1.54) is 0 Å². The monoisotopic (exact) mass is 352 g/mol. The van der Waals surface area contributed by atoms with Gasteiger partial charge >= 0.3 is 0 Å². The summed E-state index contributed by atoms with van der Waals surface area (Å²) < 4.78 is 5.54. The van der Waals surface area contributed by atoms with Gasteiger partial charge in [-0.15, -0.1) is 11.6 Å². The molecule has 1 saturated heterocycles. The summed E-state index contributed by atoms with van der Waals surface area (Å²) >= 11 is 5.59. The Hall–Kier alpha value is -1.75. The van der Waals surface area contributed by atoms with E-state index >= 15 is 0 Å². The van der Waals surface area contributed by atoms with Gasteiger partial charge < -0.3 is 15.0 Å². The normalized spacial score (nSPS) is 15.2. The number of ether oxygens (including phenoxy) is 1. The van der Waals surface area contributed by atoms with Crippen molar-refractivity contribution in [3.63, 3.8) is 0 Å². The Morgan fingerprint density at radius 1 is 1.25 bits per heavy atom. The van der Waals surface area contributed by atoms with Gasteiger partial charge in [-0.05, 0) is 38.3 Å². The molecule has 0 radical (unpaired) electrons. The fraction of sp³-hybridized carbons (Fsp3) is 0.556. The van der Waals surface area contributed by atoms with Gasteiger partial charge in [-0.2, -0.15) is 0 Å². The van der Waals surface area contributed by atoms with E-state index in [0.29, 0.717) is 37.6 Å². The molecule has 0 bridgehead atoms. The van der Waals surface area contributed by atoms with E-state index in [1.807, 2.05) is 31.2 Å². The molecule has 2 amide bonds. The van der Waals surface area contributed by atoms with Crippen LogP contribution in [0.1, 0.15) is 31.2 Å². The second-order valence-corrected chi connectivity index (χ2v) is 6.49. The highest BCUT2D eigenvalue weighted by Crippen LogP contribution is 2.14. The number of alkyl halides is 1. The van der Waals surface area contributed by atoms with Crippen LogP contribution >= 0.6 is 11.6 Å². The number of aryl methyl sites for hydroxylation is 1. The van der Waals surface area contributed by atoms with Crippen LogP contribution in [0.2, 0.25) is 0 Å². The van der Waals surface area contributed by atoms with Crippen LogP contribution in [-0.4, -0.2) is 48.3 Å². The minimum atomic E-state index is -0.0116. The molecule has 1 aromatic carbocycles. The molecular weight excluding hydrogens is 328 g/mol. The lowest BCUT2D eigenvalue weighted by Gasteiger charge is -2.32. The SMILES string of the molecule is Cc1ccc(OCC(=O)N2CCC(NC(=O)CCCCl)CC2)cc1. The standard InChI is InChI=1S/C18H25ClN2O3/c1-14-4-6-16(7-5-14)24-13-18(23)21-11-8-15(9-12-21)20-17(22)3-2-10-19/h4-7,15H,2-3,8-13H2,1H3,(H,20,22). The highest BCUT2D eigenvalue weighted by Gasteiger charge is 2.23. The number of piperidine rings is 1. The summed E-state index contributed by atoms with van der Waals surface area (Å²) in [4.78, 5) is 25.7. The highest BCUT2D eigenvalue weighted by atomic mass is 35.5. The summed E-state index contributed by atoms with van der Waals surface area (Å²) in [6.45, 7) is 3.36. The summed E-state index contributed by atoms with van der Waals surface area (Å²) in [5, 5.41) is 3.01. The molecule has 1 N–H and O–H groups in total. The van der Waals surface area contributed by atoms with Crippen molar-refractivity contribution < 1.29 is 14.3 Å². The van der Waals surface area contributed by atoms with Gasteiger partial charge in [0.25, 0.3) is 5.91 Å². The van der Waals surface area contributed by atoms with Crippen molar-refractivity contribution in [1.82, 2.24) is 10.2 Å². The van der Waals surface area contributed by atoms with Crippen LogP contribution in [0.5, 0.6) is 5.75 Å². The van der Waals surface area contributed by atoms with Crippen molar-refractivity contribution in [1.29, 1.82) is 0 Å². The third-order valence-electron chi connectivity index (χ3n) is 4.13. The van der Waals surface area contributed by atoms with Crippen LogP contribution in [0.3, 0.4) is 0 Å². The third-order valence-corrected chi connectivity index (χ3v) is 4.40. The predicted molar refractivity (Wildman–Crippen MR) is 94.4 cm³/mol. The van der Waals surface area contributed by atoms with E-state index in [9.17, 15) is 9.59 Å². The molecule has 1 aliphatic heterocycles. The van der Waals surface area contributed by atoms with Crippen LogP contribution in [-0.2, 0) is 9.59 Å². The minimum absolute atomic E-state index is 0.0116. The average molecular weight is 353 g/mol. The lowest BCUT2D eigenvalue weighted by molar-refractivity contribution is -0.134. The van der Waals surface area contributed by atoms with Crippen LogP contribution in [0, 0.1) is 6.92 Å². The van der Waals surface area contributed by atoms with E-state index in [0.717, 1.165) is 18.4 Å². The van der Waals surface area contributed by atoms with E-state index < -0.39 is 0 Å². The van der Waals surface area contributed by atoms with Crippen LogP contribution < -0.4 is 10.1 Å². The number of nitrogens with zero attached hydrogens (tertiary/aromatic N) is 1. The van der Waals surface area contributed by atoms with Crippen LogP contribution in [0.4, 0.5) is 0 Å². The molecule has 1 fully saturated rings. The molecule has 0 aliphatic carbocycles. The van der Waals surface area contributed by atoms with Crippen LogP contribution in [0.25, 0.3) is 0 Å². The molecule has 0 unspecified atom stereocenters. The molecule has 2 rings (SSSR count). The molecule has 6 heteroatoms. The lowest BCUT2D eigenvalue weighted by Crippen LogP contribution is -2.47. The second kappa shape index (κ2) is 9.52. The number of hydrogen-bond acceptors (Lipinski definition) is 3. The van der Waals surface area contributed by atoms with E-state index in [4.69, 9.17) is 16.3 Å². The smallest absolute Gasteiger partial charge is 0.260 e. The number of benzene rings is 1. The van der Waals surface area contributed by atoms with Crippen LogP contribution in [0.15, 0.2) is 24.3 Å². The van der Waals surface area contributed by atoms with Crippen molar-refractivity contribution in [3.05, 3.63) is 29.8 Å². The van der Waals surface area contributed by atoms with Crippen molar-refractivity contribution in [2.24, 2.45) is 0 Å². The molecule has 132 valence electrons. The molecule has 0 saturated carbocycles. The number of carbonyl (C=O) groups is 2. The zero-order valence-corrected chi connectivity index (χ0v) is 14.8. The lowest BCUT2D eigenvalue weighted by atomic mass is 10.0. The maximum atomic E-state index is 12.2. The maximum absolute atomic E-state index is 12.2. The van der Waals surface area contributed by atoms with Gasteiger partial charge in [0.15, 0.2) is 6.61 Å². The largest absolute Gasteiger partial charge is 0.484 e. The predicted octanol–water partition coefficient (Wildman–Crippen LogP) is 2.50. The Labute approximate surface area is 148 Å². The molecule has 0 spiro atoms. The van der Waals surface area contributed by atoms with Gasteiger partial charge in [0.2, 0.25) is 5.91 Å². The first-order chi connectivity index (χ1) is 11.6. The number of hydrogen-bond donors (Lipinski definition) is 1. The zero-order valence-electron chi connectivity index (χ0n) is 14.1. The van der Waals surface area contributed by atoms with Crippen molar-refractivity contribution in [2.45, 2.75) is 38.6 Å².